The van der Waals surface area contributed by atoms with Crippen LogP contribution in [0.25, 0.3) is 0 Å². The minimum Gasteiger partial charge on any atom is -0.495 e. The van der Waals surface area contributed by atoms with E-state index in [1.165, 1.54) is 0 Å². The Labute approximate surface area is 111 Å². The molecular weight excluding hydrogens is 250 g/mol. The number of nitrogens with one attached hydrogen (secondary N) is 1. The van der Waals surface area contributed by atoms with E-state index in [4.69, 9.17) is 21.1 Å². The summed E-state index contributed by atoms with van der Waals surface area (Å²) in [6.45, 7) is 0. The molecule has 0 aliphatic carbocycles. The molecule has 0 bridgehead atoms. The smallest absolute Gasteiger partial charge is 0.143 e. The standard InChI is InChI=1S/C14H14ClNO2/c1-17-12-8-4-3-7-11(12)16-14-10(15)6-5-9-13(14)18-2/h3-9,16H,1-2H3. The third kappa shape index (κ3) is 2.51. The van der Waals surface area contributed by atoms with Gasteiger partial charge < -0.3 is 14.8 Å². The Hall–Kier alpha value is -1.87. The molecule has 4 heteroatoms. The van der Waals surface area contributed by atoms with Gasteiger partial charge in [0.15, 0.2) is 0 Å². The van der Waals surface area contributed by atoms with E-state index in [1.54, 1.807) is 14.2 Å². The molecule has 0 spiro atoms. The van der Waals surface area contributed by atoms with Crippen molar-refractivity contribution >= 4 is 23.0 Å². The third-order valence-electron chi connectivity index (χ3n) is 2.56. The van der Waals surface area contributed by atoms with E-state index in [0.29, 0.717) is 10.8 Å². The van der Waals surface area contributed by atoms with Crippen LogP contribution in [0.15, 0.2) is 42.5 Å². The van der Waals surface area contributed by atoms with Gasteiger partial charge in [0.2, 0.25) is 0 Å². The molecule has 94 valence electrons. The van der Waals surface area contributed by atoms with Crippen molar-refractivity contribution in [1.82, 2.24) is 0 Å². The van der Waals surface area contributed by atoms with Crippen LogP contribution in [0.4, 0.5) is 11.4 Å². The zero-order valence-electron chi connectivity index (χ0n) is 10.2. The summed E-state index contributed by atoms with van der Waals surface area (Å²) in [4.78, 5) is 0. The molecule has 1 N–H and O–H groups in total. The van der Waals surface area contributed by atoms with Crippen molar-refractivity contribution < 1.29 is 9.47 Å². The van der Waals surface area contributed by atoms with Crippen molar-refractivity contribution in [2.24, 2.45) is 0 Å². The Morgan fingerprint density at radius 2 is 1.56 bits per heavy atom. The van der Waals surface area contributed by atoms with Crippen LogP contribution in [-0.4, -0.2) is 14.2 Å². The van der Waals surface area contributed by atoms with Gasteiger partial charge in [0.05, 0.1) is 24.9 Å². The lowest BCUT2D eigenvalue weighted by atomic mass is 10.2. The molecular formula is C14H14ClNO2. The third-order valence-corrected chi connectivity index (χ3v) is 2.88. The number of para-hydroxylation sites is 3. The number of anilines is 2. The van der Waals surface area contributed by atoms with Crippen molar-refractivity contribution in [2.75, 3.05) is 19.5 Å². The summed E-state index contributed by atoms with van der Waals surface area (Å²) in [5.74, 6) is 1.44. The van der Waals surface area contributed by atoms with E-state index in [-0.39, 0.29) is 0 Å². The molecule has 3 nitrogen and oxygen atoms in total. The van der Waals surface area contributed by atoms with Crippen LogP contribution in [0.3, 0.4) is 0 Å². The van der Waals surface area contributed by atoms with Crippen LogP contribution in [0.5, 0.6) is 11.5 Å². The Kier molecular flexibility index (Phi) is 3.95. The van der Waals surface area contributed by atoms with Crippen molar-refractivity contribution in [2.45, 2.75) is 0 Å². The minimum absolute atomic E-state index is 0.597. The van der Waals surface area contributed by atoms with Crippen molar-refractivity contribution in [3.05, 3.63) is 47.5 Å². The lowest BCUT2D eigenvalue weighted by Crippen LogP contribution is -1.97. The summed E-state index contributed by atoms with van der Waals surface area (Å²) >= 11 is 6.17. The summed E-state index contributed by atoms with van der Waals surface area (Å²) in [7, 11) is 3.24. The normalized spacial score (nSPS) is 9.94. The quantitative estimate of drug-likeness (QED) is 0.901. The average Bonchev–Trinajstić information content (AvgIpc) is 2.41. The van der Waals surface area contributed by atoms with Gasteiger partial charge >= 0.3 is 0 Å². The predicted octanol–water partition coefficient (Wildman–Crippen LogP) is 4.10. The first-order valence-electron chi connectivity index (χ1n) is 5.49. The fraction of sp³-hybridized carbons (Fsp3) is 0.143. The second-order valence-corrected chi connectivity index (χ2v) is 4.05. The summed E-state index contributed by atoms with van der Waals surface area (Å²) in [5.41, 5.74) is 1.57. The lowest BCUT2D eigenvalue weighted by Gasteiger charge is -2.14. The fourth-order valence-corrected chi connectivity index (χ4v) is 1.89. The van der Waals surface area contributed by atoms with Gasteiger partial charge in [-0.05, 0) is 24.3 Å². The number of methoxy groups -OCH3 is 2. The molecule has 2 rings (SSSR count). The molecule has 18 heavy (non-hydrogen) atoms. The second-order valence-electron chi connectivity index (χ2n) is 3.64. The zero-order valence-corrected chi connectivity index (χ0v) is 11.0. The SMILES string of the molecule is COc1ccccc1Nc1c(Cl)cccc1OC. The van der Waals surface area contributed by atoms with Crippen molar-refractivity contribution in [1.29, 1.82) is 0 Å². The predicted molar refractivity (Wildman–Crippen MR) is 74.3 cm³/mol. The van der Waals surface area contributed by atoms with Crippen molar-refractivity contribution in [3.63, 3.8) is 0 Å². The van der Waals surface area contributed by atoms with Gasteiger partial charge in [-0.25, -0.2) is 0 Å². The van der Waals surface area contributed by atoms with E-state index in [1.807, 2.05) is 42.5 Å². The molecule has 0 aliphatic heterocycles. The summed E-state index contributed by atoms with van der Waals surface area (Å²) in [6, 6.07) is 13.1. The number of benzene rings is 2. The van der Waals surface area contributed by atoms with Crippen LogP contribution in [-0.2, 0) is 0 Å². The number of rotatable bonds is 4. The molecule has 0 amide bonds. The average molecular weight is 264 g/mol. The van der Waals surface area contributed by atoms with Crippen LogP contribution in [0.1, 0.15) is 0 Å². The minimum atomic E-state index is 0.597. The van der Waals surface area contributed by atoms with Gasteiger partial charge in [-0.3, -0.25) is 0 Å². The van der Waals surface area contributed by atoms with E-state index in [0.717, 1.165) is 17.1 Å². The molecule has 0 atom stereocenters. The molecule has 0 saturated heterocycles. The first-order chi connectivity index (χ1) is 8.76. The maximum Gasteiger partial charge on any atom is 0.143 e. The van der Waals surface area contributed by atoms with Gasteiger partial charge in [-0.2, -0.15) is 0 Å². The summed E-state index contributed by atoms with van der Waals surface area (Å²) in [6.07, 6.45) is 0. The van der Waals surface area contributed by atoms with Crippen LogP contribution >= 0.6 is 11.6 Å². The van der Waals surface area contributed by atoms with Gasteiger partial charge in [-0.1, -0.05) is 29.8 Å². The maximum atomic E-state index is 6.17. The Bertz CT molecular complexity index is 543. The van der Waals surface area contributed by atoms with Gasteiger partial charge in [0.1, 0.15) is 17.2 Å². The fourth-order valence-electron chi connectivity index (χ4n) is 1.68. The number of hydrogen-bond acceptors (Lipinski definition) is 3. The van der Waals surface area contributed by atoms with E-state index < -0.39 is 0 Å². The molecule has 0 saturated carbocycles. The molecule has 0 radical (unpaired) electrons. The zero-order chi connectivity index (χ0) is 13.0. The van der Waals surface area contributed by atoms with E-state index >= 15 is 0 Å². The topological polar surface area (TPSA) is 30.5 Å². The lowest BCUT2D eigenvalue weighted by molar-refractivity contribution is 0.414. The Balaban J connectivity index is 2.39. The van der Waals surface area contributed by atoms with Gasteiger partial charge in [0.25, 0.3) is 0 Å². The molecule has 0 heterocycles. The van der Waals surface area contributed by atoms with Crippen LogP contribution in [0.2, 0.25) is 5.02 Å². The van der Waals surface area contributed by atoms with Gasteiger partial charge in [0, 0.05) is 0 Å². The van der Waals surface area contributed by atoms with E-state index in [9.17, 15) is 0 Å². The highest BCUT2D eigenvalue weighted by Gasteiger charge is 2.09. The molecule has 0 unspecified atom stereocenters. The summed E-state index contributed by atoms with van der Waals surface area (Å²) in [5, 5.41) is 3.83. The Morgan fingerprint density at radius 1 is 0.889 bits per heavy atom. The molecule has 2 aromatic rings. The molecule has 2 aromatic carbocycles. The highest BCUT2D eigenvalue weighted by atomic mass is 35.5. The monoisotopic (exact) mass is 263 g/mol. The van der Waals surface area contributed by atoms with Gasteiger partial charge in [-0.15, -0.1) is 0 Å². The number of ether oxygens (including phenoxy) is 2. The van der Waals surface area contributed by atoms with E-state index in [2.05, 4.69) is 5.32 Å². The highest BCUT2D eigenvalue weighted by molar-refractivity contribution is 6.33. The number of halogens is 1. The first-order valence-corrected chi connectivity index (χ1v) is 5.86. The van der Waals surface area contributed by atoms with Crippen LogP contribution in [0, 0.1) is 0 Å². The largest absolute Gasteiger partial charge is 0.495 e. The molecule has 0 aliphatic rings. The number of hydrogen-bond donors (Lipinski definition) is 1. The van der Waals surface area contributed by atoms with Crippen molar-refractivity contribution in [3.8, 4) is 11.5 Å². The highest BCUT2D eigenvalue weighted by Crippen LogP contribution is 2.36. The Morgan fingerprint density at radius 3 is 2.28 bits per heavy atom. The summed E-state index contributed by atoms with van der Waals surface area (Å²) < 4.78 is 10.6. The second kappa shape index (κ2) is 5.65. The maximum absolute atomic E-state index is 6.17. The molecule has 0 aromatic heterocycles. The first kappa shape index (κ1) is 12.6. The van der Waals surface area contributed by atoms with Crippen LogP contribution < -0.4 is 14.8 Å². The molecule has 0 fully saturated rings.